The van der Waals surface area contributed by atoms with Crippen LogP contribution in [0.4, 0.5) is 11.4 Å². The van der Waals surface area contributed by atoms with E-state index in [-0.39, 0.29) is 28.1 Å². The summed E-state index contributed by atoms with van der Waals surface area (Å²) in [7, 11) is -1.65. The number of anilines is 2. The maximum absolute atomic E-state index is 12.6. The zero-order valence-electron chi connectivity index (χ0n) is 16.5. The fourth-order valence-electron chi connectivity index (χ4n) is 2.80. The Morgan fingerprint density at radius 2 is 1.70 bits per heavy atom. The molecule has 0 atom stereocenters. The number of halogens is 1. The monoisotopic (exact) mass is 444 g/mol. The molecule has 0 aliphatic heterocycles. The lowest BCUT2D eigenvalue weighted by Crippen LogP contribution is -2.30. The van der Waals surface area contributed by atoms with E-state index < -0.39 is 9.84 Å². The molecule has 8 heteroatoms. The topological polar surface area (TPSA) is 75.7 Å². The number of rotatable bonds is 7. The molecular weight excluding hydrogens is 424 g/mol. The third-order valence-corrected chi connectivity index (χ3v) is 5.71. The van der Waals surface area contributed by atoms with Crippen LogP contribution in [-0.4, -0.2) is 34.2 Å². The molecule has 30 heavy (non-hydrogen) atoms. The molecule has 0 aromatic heterocycles. The minimum absolute atomic E-state index is 0.00853. The van der Waals surface area contributed by atoms with Crippen molar-refractivity contribution >= 4 is 38.7 Å². The van der Waals surface area contributed by atoms with Gasteiger partial charge in [0.25, 0.3) is 0 Å². The predicted molar refractivity (Wildman–Crippen MR) is 119 cm³/mol. The summed E-state index contributed by atoms with van der Waals surface area (Å²) in [6.07, 6.45) is 1.10. The second kappa shape index (κ2) is 9.19. The molecule has 0 unspecified atom stereocenters. The van der Waals surface area contributed by atoms with Gasteiger partial charge in [-0.15, -0.1) is 0 Å². The predicted octanol–water partition coefficient (Wildman–Crippen LogP) is 4.61. The van der Waals surface area contributed by atoms with Crippen molar-refractivity contribution in [3.63, 3.8) is 0 Å². The summed E-state index contributed by atoms with van der Waals surface area (Å²) in [6, 6.07) is 20.9. The average Bonchev–Trinajstić information content (AvgIpc) is 2.70. The lowest BCUT2D eigenvalue weighted by molar-refractivity contribution is -0.114. The molecule has 3 aromatic carbocycles. The molecule has 1 N–H and O–H groups in total. The standard InChI is InChI=1S/C22H21ClN2O4S/c1-25(20-10-6-7-11-21(20)29-16-8-4-3-5-9-16)15-22(26)24-19-14-17(30(2,27)28)12-13-18(19)23/h3-14H,15H2,1-2H3,(H,24,26). The Hall–Kier alpha value is -3.03. The van der Waals surface area contributed by atoms with Gasteiger partial charge in [0.15, 0.2) is 15.6 Å². The fraction of sp³-hybridized carbons (Fsp3) is 0.136. The first-order valence-electron chi connectivity index (χ1n) is 9.06. The van der Waals surface area contributed by atoms with Gasteiger partial charge in [0.2, 0.25) is 5.91 Å². The molecule has 0 aliphatic rings. The maximum Gasteiger partial charge on any atom is 0.243 e. The van der Waals surface area contributed by atoms with Gasteiger partial charge in [0.05, 0.1) is 27.8 Å². The summed E-state index contributed by atoms with van der Waals surface area (Å²) < 4.78 is 29.5. The molecule has 3 rings (SSSR count). The summed E-state index contributed by atoms with van der Waals surface area (Å²) in [5.74, 6) is 0.947. The van der Waals surface area contributed by atoms with E-state index in [1.54, 1.807) is 11.9 Å². The molecule has 0 radical (unpaired) electrons. The number of sulfone groups is 1. The highest BCUT2D eigenvalue weighted by Gasteiger charge is 2.15. The smallest absolute Gasteiger partial charge is 0.243 e. The number of carbonyl (C=O) groups excluding carboxylic acids is 1. The van der Waals surface area contributed by atoms with Crippen molar-refractivity contribution in [1.82, 2.24) is 0 Å². The van der Waals surface area contributed by atoms with Crippen molar-refractivity contribution in [2.75, 3.05) is 30.1 Å². The van der Waals surface area contributed by atoms with Gasteiger partial charge in [-0.3, -0.25) is 4.79 Å². The first-order chi connectivity index (χ1) is 14.2. The number of carbonyl (C=O) groups is 1. The van der Waals surface area contributed by atoms with E-state index in [0.717, 1.165) is 11.9 Å². The van der Waals surface area contributed by atoms with Gasteiger partial charge in [-0.25, -0.2) is 8.42 Å². The second-order valence-electron chi connectivity index (χ2n) is 6.70. The lowest BCUT2D eigenvalue weighted by Gasteiger charge is -2.22. The van der Waals surface area contributed by atoms with Crippen LogP contribution in [0.2, 0.25) is 5.02 Å². The Morgan fingerprint density at radius 3 is 2.40 bits per heavy atom. The van der Waals surface area contributed by atoms with Crippen LogP contribution >= 0.6 is 11.6 Å². The van der Waals surface area contributed by atoms with E-state index in [4.69, 9.17) is 16.3 Å². The molecule has 0 saturated heterocycles. The van der Waals surface area contributed by atoms with E-state index in [0.29, 0.717) is 11.5 Å². The summed E-state index contributed by atoms with van der Waals surface area (Å²) in [6.45, 7) is 0.00853. The van der Waals surface area contributed by atoms with Crippen molar-refractivity contribution < 1.29 is 17.9 Å². The molecule has 0 aliphatic carbocycles. The van der Waals surface area contributed by atoms with Crippen LogP contribution in [0.15, 0.2) is 77.7 Å². The van der Waals surface area contributed by atoms with Gasteiger partial charge in [-0.2, -0.15) is 0 Å². The van der Waals surface area contributed by atoms with Crippen molar-refractivity contribution in [2.45, 2.75) is 4.90 Å². The van der Waals surface area contributed by atoms with Gasteiger partial charge in [-0.05, 0) is 42.5 Å². The maximum atomic E-state index is 12.6. The van der Waals surface area contributed by atoms with Crippen molar-refractivity contribution in [1.29, 1.82) is 0 Å². The van der Waals surface area contributed by atoms with Crippen LogP contribution in [0, 0.1) is 0 Å². The summed E-state index contributed by atoms with van der Waals surface area (Å²) in [5.41, 5.74) is 0.972. The van der Waals surface area contributed by atoms with E-state index in [1.165, 1.54) is 18.2 Å². The van der Waals surface area contributed by atoms with Crippen LogP contribution in [0.25, 0.3) is 0 Å². The van der Waals surface area contributed by atoms with Crippen LogP contribution < -0.4 is 15.0 Å². The third-order valence-electron chi connectivity index (χ3n) is 4.27. The minimum Gasteiger partial charge on any atom is -0.455 e. The Morgan fingerprint density at radius 1 is 1.03 bits per heavy atom. The molecule has 0 fully saturated rings. The first kappa shape index (κ1) is 21.7. The van der Waals surface area contributed by atoms with Gasteiger partial charge >= 0.3 is 0 Å². The highest BCUT2D eigenvalue weighted by molar-refractivity contribution is 7.90. The Bertz CT molecular complexity index is 1150. The van der Waals surface area contributed by atoms with Crippen molar-refractivity contribution in [3.05, 3.63) is 77.8 Å². The number of nitrogens with zero attached hydrogens (tertiary/aromatic N) is 1. The second-order valence-corrected chi connectivity index (χ2v) is 9.12. The molecule has 156 valence electrons. The van der Waals surface area contributed by atoms with E-state index in [9.17, 15) is 13.2 Å². The van der Waals surface area contributed by atoms with E-state index in [2.05, 4.69) is 5.32 Å². The number of amides is 1. The van der Waals surface area contributed by atoms with Crippen molar-refractivity contribution in [2.24, 2.45) is 0 Å². The van der Waals surface area contributed by atoms with E-state index >= 15 is 0 Å². The number of para-hydroxylation sites is 3. The molecule has 0 spiro atoms. The molecule has 3 aromatic rings. The Balaban J connectivity index is 1.74. The first-order valence-corrected chi connectivity index (χ1v) is 11.3. The van der Waals surface area contributed by atoms with Crippen molar-refractivity contribution in [3.8, 4) is 11.5 Å². The fourth-order valence-corrected chi connectivity index (χ4v) is 3.61. The highest BCUT2D eigenvalue weighted by Crippen LogP contribution is 2.31. The van der Waals surface area contributed by atoms with E-state index in [1.807, 2.05) is 54.6 Å². The average molecular weight is 445 g/mol. The highest BCUT2D eigenvalue weighted by atomic mass is 35.5. The minimum atomic E-state index is -3.42. The lowest BCUT2D eigenvalue weighted by atomic mass is 10.2. The molecule has 0 bridgehead atoms. The van der Waals surface area contributed by atoms with Crippen LogP contribution in [0.3, 0.4) is 0 Å². The number of likely N-dealkylation sites (N-methyl/N-ethyl adjacent to an activating group) is 1. The summed E-state index contributed by atoms with van der Waals surface area (Å²) >= 11 is 6.12. The summed E-state index contributed by atoms with van der Waals surface area (Å²) in [5, 5.41) is 2.93. The third kappa shape index (κ3) is 5.52. The zero-order chi connectivity index (χ0) is 21.7. The van der Waals surface area contributed by atoms with Crippen LogP contribution in [-0.2, 0) is 14.6 Å². The van der Waals surface area contributed by atoms with Gasteiger partial charge in [-0.1, -0.05) is 41.9 Å². The molecular formula is C22H21ClN2O4S. The van der Waals surface area contributed by atoms with Crippen LogP contribution in [0.1, 0.15) is 0 Å². The largest absolute Gasteiger partial charge is 0.455 e. The molecule has 0 heterocycles. The zero-order valence-corrected chi connectivity index (χ0v) is 18.1. The van der Waals surface area contributed by atoms with Crippen LogP contribution in [0.5, 0.6) is 11.5 Å². The quantitative estimate of drug-likeness (QED) is 0.575. The normalized spacial score (nSPS) is 11.0. The van der Waals surface area contributed by atoms with Gasteiger partial charge in [0, 0.05) is 13.3 Å². The Kier molecular flexibility index (Phi) is 6.64. The Labute approximate surface area is 181 Å². The number of ether oxygens (including phenoxy) is 1. The number of hydrogen-bond donors (Lipinski definition) is 1. The number of nitrogens with one attached hydrogen (secondary N) is 1. The SMILES string of the molecule is CN(CC(=O)Nc1cc(S(C)(=O)=O)ccc1Cl)c1ccccc1Oc1ccccc1. The molecule has 1 amide bonds. The van der Waals surface area contributed by atoms with Gasteiger partial charge in [0.1, 0.15) is 5.75 Å². The molecule has 6 nitrogen and oxygen atoms in total. The number of benzene rings is 3. The number of hydrogen-bond acceptors (Lipinski definition) is 5. The molecule has 0 saturated carbocycles. The summed E-state index contributed by atoms with van der Waals surface area (Å²) in [4.78, 5) is 14.4. The van der Waals surface area contributed by atoms with Gasteiger partial charge < -0.3 is 15.0 Å².